The van der Waals surface area contributed by atoms with Gasteiger partial charge in [0.15, 0.2) is 11.6 Å². The van der Waals surface area contributed by atoms with Crippen LogP contribution in [0.1, 0.15) is 28.0 Å². The maximum Gasteiger partial charge on any atom is 0.373 e. The van der Waals surface area contributed by atoms with Crippen LogP contribution >= 0.6 is 0 Å². The summed E-state index contributed by atoms with van der Waals surface area (Å²) in [5.41, 5.74) is -0.505. The molecule has 4 nitrogen and oxygen atoms in total. The predicted octanol–water partition coefficient (Wildman–Crippen LogP) is 2.57. The molecule has 106 valence electrons. The number of carbonyl (C=O) groups is 1. The standard InChI is InChI=1S/C13H9F3O4/c1-19-13(18)11-3-2-10(20-11)12(17)6-4-8(15)9(16)5-7(6)14/h2-5,12,17H,1H3. The Labute approximate surface area is 111 Å². The lowest BCUT2D eigenvalue weighted by Gasteiger charge is -2.09. The Morgan fingerprint density at radius 2 is 1.85 bits per heavy atom. The summed E-state index contributed by atoms with van der Waals surface area (Å²) in [5.74, 6) is -4.99. The van der Waals surface area contributed by atoms with Gasteiger partial charge in [0, 0.05) is 11.6 Å². The summed E-state index contributed by atoms with van der Waals surface area (Å²) in [6.07, 6.45) is -1.68. The van der Waals surface area contributed by atoms with Crippen molar-refractivity contribution in [2.24, 2.45) is 0 Å². The summed E-state index contributed by atoms with van der Waals surface area (Å²) in [4.78, 5) is 11.2. The normalized spacial score (nSPS) is 12.2. The second-order valence-electron chi connectivity index (χ2n) is 3.88. The number of aliphatic hydroxyl groups excluding tert-OH is 1. The molecular formula is C13H9F3O4. The van der Waals surface area contributed by atoms with Crippen molar-refractivity contribution in [3.8, 4) is 0 Å². The molecule has 0 bridgehead atoms. The van der Waals surface area contributed by atoms with Crippen molar-refractivity contribution in [1.29, 1.82) is 0 Å². The fourth-order valence-corrected chi connectivity index (χ4v) is 1.61. The van der Waals surface area contributed by atoms with Crippen LogP contribution in [0.15, 0.2) is 28.7 Å². The van der Waals surface area contributed by atoms with E-state index in [9.17, 15) is 23.1 Å². The maximum absolute atomic E-state index is 13.5. The summed E-state index contributed by atoms with van der Waals surface area (Å²) < 4.78 is 48.7. The number of benzene rings is 1. The number of hydrogen-bond acceptors (Lipinski definition) is 4. The number of carbonyl (C=O) groups excluding carboxylic acids is 1. The van der Waals surface area contributed by atoms with Crippen molar-refractivity contribution in [1.82, 2.24) is 0 Å². The average molecular weight is 286 g/mol. The molecule has 0 aliphatic rings. The first-order valence-electron chi connectivity index (χ1n) is 5.44. The second-order valence-corrected chi connectivity index (χ2v) is 3.88. The first kappa shape index (κ1) is 14.1. The third kappa shape index (κ3) is 2.53. The molecule has 0 saturated heterocycles. The van der Waals surface area contributed by atoms with E-state index in [1.165, 1.54) is 12.1 Å². The Balaban J connectivity index is 2.36. The molecule has 0 aliphatic carbocycles. The molecule has 0 spiro atoms. The van der Waals surface area contributed by atoms with Crippen LogP contribution < -0.4 is 0 Å². The Morgan fingerprint density at radius 1 is 1.20 bits per heavy atom. The van der Waals surface area contributed by atoms with E-state index in [0.717, 1.165) is 7.11 Å². The lowest BCUT2D eigenvalue weighted by Crippen LogP contribution is -2.04. The fourth-order valence-electron chi connectivity index (χ4n) is 1.61. The number of aliphatic hydroxyl groups is 1. The minimum atomic E-state index is -1.68. The summed E-state index contributed by atoms with van der Waals surface area (Å²) in [5, 5.41) is 9.88. The van der Waals surface area contributed by atoms with Crippen LogP contribution in [0.25, 0.3) is 0 Å². The zero-order chi connectivity index (χ0) is 14.9. The monoisotopic (exact) mass is 286 g/mol. The number of hydrogen-bond donors (Lipinski definition) is 1. The van der Waals surface area contributed by atoms with Gasteiger partial charge in [-0.15, -0.1) is 0 Å². The molecule has 0 saturated carbocycles. The molecular weight excluding hydrogens is 277 g/mol. The SMILES string of the molecule is COC(=O)c1ccc(C(O)c2cc(F)c(F)cc2F)o1. The zero-order valence-electron chi connectivity index (χ0n) is 10.2. The second kappa shape index (κ2) is 5.38. The van der Waals surface area contributed by atoms with E-state index in [0.29, 0.717) is 12.1 Å². The largest absolute Gasteiger partial charge is 0.463 e. The molecule has 0 fully saturated rings. The van der Waals surface area contributed by atoms with Gasteiger partial charge in [-0.1, -0.05) is 0 Å². The number of rotatable bonds is 3. The Bertz CT molecular complexity index is 651. The van der Waals surface area contributed by atoms with E-state index in [1.807, 2.05) is 0 Å². The van der Waals surface area contributed by atoms with E-state index in [4.69, 9.17) is 4.42 Å². The Morgan fingerprint density at radius 3 is 2.50 bits per heavy atom. The van der Waals surface area contributed by atoms with Gasteiger partial charge in [0.05, 0.1) is 7.11 Å². The highest BCUT2D eigenvalue weighted by Gasteiger charge is 2.22. The van der Waals surface area contributed by atoms with Gasteiger partial charge in [-0.25, -0.2) is 18.0 Å². The molecule has 1 aromatic heterocycles. The summed E-state index contributed by atoms with van der Waals surface area (Å²) in [6, 6.07) is 3.26. The van der Waals surface area contributed by atoms with Crippen LogP contribution in [-0.4, -0.2) is 18.2 Å². The van der Waals surface area contributed by atoms with Gasteiger partial charge in [-0.3, -0.25) is 0 Å². The van der Waals surface area contributed by atoms with E-state index in [2.05, 4.69) is 4.74 Å². The number of furan rings is 1. The van der Waals surface area contributed by atoms with Gasteiger partial charge in [0.1, 0.15) is 17.7 Å². The molecule has 1 atom stereocenters. The molecule has 1 unspecified atom stereocenters. The summed E-state index contributed by atoms with van der Waals surface area (Å²) >= 11 is 0. The molecule has 2 aromatic rings. The van der Waals surface area contributed by atoms with Crippen molar-refractivity contribution in [2.45, 2.75) is 6.10 Å². The lowest BCUT2D eigenvalue weighted by molar-refractivity contribution is 0.0558. The van der Waals surface area contributed by atoms with Gasteiger partial charge in [-0.05, 0) is 18.2 Å². The first-order chi connectivity index (χ1) is 9.43. The lowest BCUT2D eigenvalue weighted by atomic mass is 10.1. The van der Waals surface area contributed by atoms with Crippen LogP contribution in [-0.2, 0) is 4.74 Å². The van der Waals surface area contributed by atoms with Crippen LogP contribution in [0.3, 0.4) is 0 Å². The minimum Gasteiger partial charge on any atom is -0.463 e. The van der Waals surface area contributed by atoms with Gasteiger partial charge in [0.2, 0.25) is 5.76 Å². The molecule has 1 heterocycles. The number of ether oxygens (including phenoxy) is 1. The summed E-state index contributed by atoms with van der Waals surface area (Å²) in [6.45, 7) is 0. The molecule has 0 amide bonds. The van der Waals surface area contributed by atoms with Crippen molar-refractivity contribution < 1.29 is 32.2 Å². The molecule has 0 aliphatic heterocycles. The number of methoxy groups -OCH3 is 1. The van der Waals surface area contributed by atoms with Gasteiger partial charge in [-0.2, -0.15) is 0 Å². The van der Waals surface area contributed by atoms with Crippen LogP contribution in [0.2, 0.25) is 0 Å². The Hall–Kier alpha value is -2.28. The highest BCUT2D eigenvalue weighted by molar-refractivity contribution is 5.86. The van der Waals surface area contributed by atoms with E-state index < -0.39 is 35.1 Å². The van der Waals surface area contributed by atoms with Crippen molar-refractivity contribution in [3.05, 3.63) is 58.8 Å². The third-order valence-electron chi connectivity index (χ3n) is 2.62. The minimum absolute atomic E-state index is 0.199. The summed E-state index contributed by atoms with van der Waals surface area (Å²) in [7, 11) is 1.13. The maximum atomic E-state index is 13.5. The topological polar surface area (TPSA) is 59.7 Å². The van der Waals surface area contributed by atoms with Gasteiger partial charge in [0.25, 0.3) is 0 Å². The quantitative estimate of drug-likeness (QED) is 0.696. The zero-order valence-corrected chi connectivity index (χ0v) is 10.2. The third-order valence-corrected chi connectivity index (χ3v) is 2.62. The van der Waals surface area contributed by atoms with E-state index in [1.54, 1.807) is 0 Å². The van der Waals surface area contributed by atoms with E-state index in [-0.39, 0.29) is 11.5 Å². The van der Waals surface area contributed by atoms with Crippen LogP contribution in [0, 0.1) is 17.5 Å². The van der Waals surface area contributed by atoms with Crippen molar-refractivity contribution in [2.75, 3.05) is 7.11 Å². The highest BCUT2D eigenvalue weighted by atomic mass is 19.2. The smallest absolute Gasteiger partial charge is 0.373 e. The molecule has 2 rings (SSSR count). The van der Waals surface area contributed by atoms with Crippen molar-refractivity contribution in [3.63, 3.8) is 0 Å². The number of halogens is 3. The molecule has 1 N–H and O–H groups in total. The molecule has 1 aromatic carbocycles. The average Bonchev–Trinajstić information content (AvgIpc) is 2.91. The molecule has 20 heavy (non-hydrogen) atoms. The van der Waals surface area contributed by atoms with E-state index >= 15 is 0 Å². The fraction of sp³-hybridized carbons (Fsp3) is 0.154. The number of esters is 1. The Kier molecular flexibility index (Phi) is 3.80. The van der Waals surface area contributed by atoms with Gasteiger partial charge < -0.3 is 14.3 Å². The first-order valence-corrected chi connectivity index (χ1v) is 5.44. The van der Waals surface area contributed by atoms with Crippen LogP contribution in [0.5, 0.6) is 0 Å². The predicted molar refractivity (Wildman–Crippen MR) is 60.4 cm³/mol. The highest BCUT2D eigenvalue weighted by Crippen LogP contribution is 2.27. The van der Waals surface area contributed by atoms with Gasteiger partial charge >= 0.3 is 5.97 Å². The molecule has 7 heteroatoms. The molecule has 0 radical (unpaired) electrons. The van der Waals surface area contributed by atoms with Crippen molar-refractivity contribution >= 4 is 5.97 Å². The van der Waals surface area contributed by atoms with Crippen LogP contribution in [0.4, 0.5) is 13.2 Å².